The average Bonchev–Trinajstić information content (AvgIpc) is 3.43. The van der Waals surface area contributed by atoms with E-state index in [2.05, 4.69) is 30.7 Å². The van der Waals surface area contributed by atoms with Crippen LogP contribution in [-0.2, 0) is 0 Å². The van der Waals surface area contributed by atoms with Crippen molar-refractivity contribution in [2.24, 2.45) is 0 Å². The van der Waals surface area contributed by atoms with E-state index >= 15 is 0 Å². The fourth-order valence-electron chi connectivity index (χ4n) is 3.15. The highest BCUT2D eigenvalue weighted by Crippen LogP contribution is 2.24. The minimum atomic E-state index is -0.497. The Hall–Kier alpha value is -3.98. The number of benzene rings is 1. The molecule has 0 saturated heterocycles. The number of hydrogen-bond acceptors (Lipinski definition) is 7. The van der Waals surface area contributed by atoms with Gasteiger partial charge in [0.25, 0.3) is 5.91 Å². The van der Waals surface area contributed by atoms with Crippen LogP contribution in [-0.4, -0.2) is 37.7 Å². The van der Waals surface area contributed by atoms with Gasteiger partial charge in [0, 0.05) is 24.0 Å². The number of aromatic nitrogens is 4. The molecule has 0 bridgehead atoms. The Labute approximate surface area is 178 Å². The number of aliphatic hydroxyl groups excluding tert-OH is 1. The molecule has 4 N–H and O–H groups in total. The van der Waals surface area contributed by atoms with Gasteiger partial charge in [-0.1, -0.05) is 35.5 Å². The quantitative estimate of drug-likeness (QED) is 0.362. The van der Waals surface area contributed by atoms with Crippen molar-refractivity contribution >= 4 is 17.7 Å². The van der Waals surface area contributed by atoms with Gasteiger partial charge in [-0.3, -0.25) is 4.79 Å². The van der Waals surface area contributed by atoms with E-state index in [0.717, 1.165) is 16.7 Å². The minimum absolute atomic E-state index is 0.203. The molecule has 1 unspecified atom stereocenters. The zero-order valence-electron chi connectivity index (χ0n) is 17.1. The second kappa shape index (κ2) is 8.80. The number of nitrogens with one attached hydrogen (secondary N) is 3. The smallest absolute Gasteiger partial charge is 0.268 e. The highest BCUT2D eigenvalue weighted by atomic mass is 16.5. The topological polar surface area (TPSA) is 129 Å². The summed E-state index contributed by atoms with van der Waals surface area (Å²) in [6.45, 7) is 3.49. The molecule has 1 atom stereocenters. The number of aromatic amines is 1. The molecule has 9 nitrogen and oxygen atoms in total. The van der Waals surface area contributed by atoms with Crippen LogP contribution in [0.25, 0.3) is 11.3 Å². The van der Waals surface area contributed by atoms with Crippen LogP contribution in [0.4, 0.5) is 11.8 Å². The van der Waals surface area contributed by atoms with Crippen LogP contribution < -0.4 is 10.6 Å². The molecule has 9 heteroatoms. The number of carbonyl (C=O) groups is 1. The second-order valence-corrected chi connectivity index (χ2v) is 7.09. The van der Waals surface area contributed by atoms with E-state index in [1.807, 2.05) is 37.3 Å². The first kappa shape index (κ1) is 20.3. The summed E-state index contributed by atoms with van der Waals surface area (Å²) in [4.78, 5) is 24.5. The molecule has 4 aromatic rings. The first-order valence-electron chi connectivity index (χ1n) is 9.73. The first-order chi connectivity index (χ1) is 15.0. The third kappa shape index (κ3) is 4.62. The molecule has 158 valence electrons. The van der Waals surface area contributed by atoms with Crippen LogP contribution in [0.5, 0.6) is 0 Å². The summed E-state index contributed by atoms with van der Waals surface area (Å²) in [6.07, 6.45) is 3.41. The number of H-pyrrole nitrogens is 1. The molecule has 1 amide bonds. The molecule has 0 fully saturated rings. The normalized spacial score (nSPS) is 11.8. The van der Waals surface area contributed by atoms with Gasteiger partial charge in [-0.05, 0) is 31.0 Å². The number of anilines is 2. The van der Waals surface area contributed by atoms with E-state index in [4.69, 9.17) is 4.52 Å². The molecule has 0 spiro atoms. The number of aryl methyl sites for hydroxylation is 2. The van der Waals surface area contributed by atoms with Crippen molar-refractivity contribution in [3.05, 3.63) is 77.4 Å². The maximum Gasteiger partial charge on any atom is 0.268 e. The third-order valence-electron chi connectivity index (χ3n) is 4.73. The monoisotopic (exact) mass is 418 g/mol. The molecule has 1 aromatic carbocycles. The third-order valence-corrected chi connectivity index (χ3v) is 4.73. The van der Waals surface area contributed by atoms with Gasteiger partial charge in [0.2, 0.25) is 5.95 Å². The van der Waals surface area contributed by atoms with Gasteiger partial charge >= 0.3 is 0 Å². The SMILES string of the molecule is Cc1cc(Nc2ncc(C)c(-c3c[nH]c(C(=O)NC(CO)c4ccccc4)c3)n2)no1. The molecule has 0 aliphatic carbocycles. The van der Waals surface area contributed by atoms with Crippen molar-refractivity contribution in [3.63, 3.8) is 0 Å². The van der Waals surface area contributed by atoms with E-state index in [1.165, 1.54) is 0 Å². The van der Waals surface area contributed by atoms with Crippen molar-refractivity contribution in [2.45, 2.75) is 19.9 Å². The molecule has 4 rings (SSSR count). The fourth-order valence-corrected chi connectivity index (χ4v) is 3.15. The molecular formula is C22H22N6O3. The largest absolute Gasteiger partial charge is 0.394 e. The number of amides is 1. The maximum absolute atomic E-state index is 12.7. The van der Waals surface area contributed by atoms with Crippen LogP contribution in [0, 0.1) is 13.8 Å². The lowest BCUT2D eigenvalue weighted by atomic mass is 10.1. The predicted octanol–water partition coefficient (Wildman–Crippen LogP) is 3.28. The number of nitrogens with zero attached hydrogens (tertiary/aromatic N) is 3. The van der Waals surface area contributed by atoms with Crippen LogP contribution >= 0.6 is 0 Å². The van der Waals surface area contributed by atoms with E-state index in [1.54, 1.807) is 31.5 Å². The Bertz CT molecular complexity index is 1180. The Morgan fingerprint density at radius 2 is 2.03 bits per heavy atom. The van der Waals surface area contributed by atoms with E-state index in [-0.39, 0.29) is 12.5 Å². The van der Waals surface area contributed by atoms with Crippen molar-refractivity contribution in [3.8, 4) is 11.3 Å². The molecule has 31 heavy (non-hydrogen) atoms. The minimum Gasteiger partial charge on any atom is -0.394 e. The first-order valence-corrected chi connectivity index (χ1v) is 9.73. The lowest BCUT2D eigenvalue weighted by molar-refractivity contribution is 0.0912. The summed E-state index contributed by atoms with van der Waals surface area (Å²) in [5.41, 5.74) is 3.46. The van der Waals surface area contributed by atoms with E-state index in [9.17, 15) is 9.90 Å². The number of carbonyl (C=O) groups excluding carboxylic acids is 1. The summed E-state index contributed by atoms with van der Waals surface area (Å²) < 4.78 is 5.04. The van der Waals surface area contributed by atoms with Crippen molar-refractivity contribution in [1.82, 2.24) is 25.4 Å². The zero-order chi connectivity index (χ0) is 21.8. The fraction of sp³-hybridized carbons (Fsp3) is 0.182. The summed E-state index contributed by atoms with van der Waals surface area (Å²) in [6, 6.07) is 12.3. The summed E-state index contributed by atoms with van der Waals surface area (Å²) in [5, 5.41) is 19.4. The highest BCUT2D eigenvalue weighted by Gasteiger charge is 2.17. The van der Waals surface area contributed by atoms with Gasteiger partial charge in [0.15, 0.2) is 5.82 Å². The Morgan fingerprint density at radius 1 is 1.23 bits per heavy atom. The van der Waals surface area contributed by atoms with Crippen LogP contribution in [0.2, 0.25) is 0 Å². The van der Waals surface area contributed by atoms with Crippen molar-refractivity contribution < 1.29 is 14.4 Å². The predicted molar refractivity (Wildman–Crippen MR) is 115 cm³/mol. The van der Waals surface area contributed by atoms with Gasteiger partial charge in [-0.2, -0.15) is 0 Å². The van der Waals surface area contributed by atoms with Crippen molar-refractivity contribution in [2.75, 3.05) is 11.9 Å². The molecule has 0 aliphatic rings. The molecule has 3 heterocycles. The molecule has 0 radical (unpaired) electrons. The van der Waals surface area contributed by atoms with Gasteiger partial charge in [0.1, 0.15) is 11.5 Å². The van der Waals surface area contributed by atoms with Crippen molar-refractivity contribution in [1.29, 1.82) is 0 Å². The molecule has 0 saturated carbocycles. The number of aliphatic hydroxyl groups is 1. The Morgan fingerprint density at radius 3 is 2.74 bits per heavy atom. The van der Waals surface area contributed by atoms with E-state index in [0.29, 0.717) is 28.9 Å². The van der Waals surface area contributed by atoms with Gasteiger partial charge in [-0.25, -0.2) is 9.97 Å². The molecule has 3 aromatic heterocycles. The average molecular weight is 418 g/mol. The maximum atomic E-state index is 12.7. The van der Waals surface area contributed by atoms with Crippen LogP contribution in [0.15, 0.2) is 59.4 Å². The number of hydrogen-bond donors (Lipinski definition) is 4. The van der Waals surface area contributed by atoms with Gasteiger partial charge < -0.3 is 25.2 Å². The molecular weight excluding hydrogens is 396 g/mol. The lowest BCUT2D eigenvalue weighted by Crippen LogP contribution is -2.30. The summed E-state index contributed by atoms with van der Waals surface area (Å²) >= 11 is 0. The van der Waals surface area contributed by atoms with Gasteiger partial charge in [-0.15, -0.1) is 0 Å². The zero-order valence-corrected chi connectivity index (χ0v) is 17.1. The lowest BCUT2D eigenvalue weighted by Gasteiger charge is -2.16. The Kier molecular flexibility index (Phi) is 5.76. The standard InChI is InChI=1S/C22H22N6O3/c1-13-10-24-22(26-19-8-14(2)31-28-19)27-20(13)16-9-17(23-11-16)21(30)25-18(12-29)15-6-4-3-5-7-15/h3-11,18,23,29H,12H2,1-2H3,(H,25,30)(H,24,26,27,28). The van der Waals surface area contributed by atoms with Gasteiger partial charge in [0.05, 0.1) is 18.3 Å². The highest BCUT2D eigenvalue weighted by molar-refractivity contribution is 5.94. The van der Waals surface area contributed by atoms with E-state index < -0.39 is 6.04 Å². The summed E-state index contributed by atoms with van der Waals surface area (Å²) in [5.74, 6) is 1.23. The Balaban J connectivity index is 1.52. The summed E-state index contributed by atoms with van der Waals surface area (Å²) in [7, 11) is 0. The second-order valence-electron chi connectivity index (χ2n) is 7.09. The van der Waals surface area contributed by atoms with Crippen LogP contribution in [0.3, 0.4) is 0 Å². The van der Waals surface area contributed by atoms with Crippen LogP contribution in [0.1, 0.15) is 33.4 Å². The number of rotatable bonds is 7. The molecule has 0 aliphatic heterocycles.